The molecule has 0 aliphatic carbocycles. The Morgan fingerprint density at radius 1 is 0.581 bits per heavy atom. The maximum absolute atomic E-state index is 10.0. The number of rotatable bonds is 2. The summed E-state index contributed by atoms with van der Waals surface area (Å²) in [6, 6.07) is 47.6. The SMILES string of the molecule is N#Cc1cnc(-c2ccccc2N2c3ccccc3C3(c4ccccc4Oc4ccccc43)c3ccccc32)c(C#N)c1. The zero-order valence-corrected chi connectivity index (χ0v) is 22.9. The number of hydrogen-bond donors (Lipinski definition) is 0. The second-order valence-corrected chi connectivity index (χ2v) is 10.6. The largest absolute Gasteiger partial charge is 0.457 e. The second kappa shape index (κ2) is 9.45. The van der Waals surface area contributed by atoms with Gasteiger partial charge in [-0.15, -0.1) is 0 Å². The van der Waals surface area contributed by atoms with Gasteiger partial charge in [0.25, 0.3) is 0 Å². The molecular formula is C38H22N4O. The van der Waals surface area contributed by atoms with Crippen molar-refractivity contribution in [3.8, 4) is 34.9 Å². The van der Waals surface area contributed by atoms with E-state index in [0.29, 0.717) is 16.8 Å². The lowest BCUT2D eigenvalue weighted by Gasteiger charge is -2.48. The molecule has 0 fully saturated rings. The Morgan fingerprint density at radius 2 is 1.09 bits per heavy atom. The second-order valence-electron chi connectivity index (χ2n) is 10.6. The van der Waals surface area contributed by atoms with E-state index >= 15 is 0 Å². The molecule has 8 rings (SSSR count). The number of anilines is 3. The molecule has 0 radical (unpaired) electrons. The van der Waals surface area contributed by atoms with Crippen molar-refractivity contribution in [2.75, 3.05) is 4.90 Å². The summed E-state index contributed by atoms with van der Waals surface area (Å²) in [5.74, 6) is 1.67. The highest BCUT2D eigenvalue weighted by molar-refractivity contribution is 5.95. The van der Waals surface area contributed by atoms with Crippen LogP contribution in [0.2, 0.25) is 0 Å². The van der Waals surface area contributed by atoms with Gasteiger partial charge in [-0.2, -0.15) is 10.5 Å². The number of aromatic nitrogens is 1. The van der Waals surface area contributed by atoms with E-state index in [9.17, 15) is 10.5 Å². The molecule has 2 aliphatic heterocycles. The van der Waals surface area contributed by atoms with Gasteiger partial charge in [-0.1, -0.05) is 91.0 Å². The van der Waals surface area contributed by atoms with Crippen LogP contribution in [0, 0.1) is 22.7 Å². The number of nitrogens with zero attached hydrogens (tertiary/aromatic N) is 4. The first-order valence-corrected chi connectivity index (χ1v) is 14.0. The van der Waals surface area contributed by atoms with Gasteiger partial charge < -0.3 is 9.64 Å². The van der Waals surface area contributed by atoms with E-state index in [0.717, 1.165) is 56.4 Å². The molecule has 0 amide bonds. The third-order valence-corrected chi connectivity index (χ3v) is 8.44. The Balaban J connectivity index is 1.47. The minimum atomic E-state index is -0.630. The number of nitriles is 2. The molecule has 0 saturated carbocycles. The Kier molecular flexibility index (Phi) is 5.41. The molecule has 6 aromatic rings. The smallest absolute Gasteiger partial charge is 0.132 e. The summed E-state index contributed by atoms with van der Waals surface area (Å²) in [7, 11) is 0. The van der Waals surface area contributed by atoms with Crippen molar-refractivity contribution in [2.24, 2.45) is 0 Å². The summed E-state index contributed by atoms with van der Waals surface area (Å²) in [6.07, 6.45) is 1.52. The van der Waals surface area contributed by atoms with E-state index in [1.807, 2.05) is 42.5 Å². The molecular weight excluding hydrogens is 528 g/mol. The summed E-state index contributed by atoms with van der Waals surface area (Å²) < 4.78 is 6.49. The molecule has 0 saturated heterocycles. The average Bonchev–Trinajstić information content (AvgIpc) is 3.08. The first-order chi connectivity index (χ1) is 21.3. The zero-order chi connectivity index (χ0) is 29.0. The molecule has 2 aliphatic rings. The molecule has 0 unspecified atom stereocenters. The van der Waals surface area contributed by atoms with Gasteiger partial charge in [-0.25, -0.2) is 0 Å². The molecule has 1 aromatic heterocycles. The normalized spacial score (nSPS) is 13.4. The van der Waals surface area contributed by atoms with Gasteiger partial charge in [-0.05, 0) is 47.5 Å². The molecule has 5 aromatic carbocycles. The number of ether oxygens (including phenoxy) is 1. The van der Waals surface area contributed by atoms with Crippen LogP contribution < -0.4 is 9.64 Å². The molecule has 200 valence electrons. The molecule has 0 N–H and O–H groups in total. The molecule has 3 heterocycles. The van der Waals surface area contributed by atoms with E-state index in [4.69, 9.17) is 4.74 Å². The quantitative estimate of drug-likeness (QED) is 0.215. The minimum absolute atomic E-state index is 0.352. The van der Waals surface area contributed by atoms with Crippen LogP contribution in [0.25, 0.3) is 11.3 Å². The summed E-state index contributed by atoms with van der Waals surface area (Å²) in [5, 5.41) is 19.5. The third kappa shape index (κ3) is 3.40. The molecule has 1 spiro atoms. The van der Waals surface area contributed by atoms with Crippen LogP contribution in [0.1, 0.15) is 33.4 Å². The summed E-state index contributed by atoms with van der Waals surface area (Å²) >= 11 is 0. The van der Waals surface area contributed by atoms with E-state index in [-0.39, 0.29) is 0 Å². The van der Waals surface area contributed by atoms with E-state index in [1.54, 1.807) is 6.07 Å². The van der Waals surface area contributed by atoms with Crippen molar-refractivity contribution in [1.82, 2.24) is 4.98 Å². The highest BCUT2D eigenvalue weighted by atomic mass is 16.5. The predicted molar refractivity (Wildman–Crippen MR) is 166 cm³/mol. The first kappa shape index (κ1) is 24.6. The van der Waals surface area contributed by atoms with Crippen molar-refractivity contribution in [3.05, 3.63) is 167 Å². The monoisotopic (exact) mass is 550 g/mol. The Labute approximate surface area is 249 Å². The fraction of sp³-hybridized carbons (Fsp3) is 0.0263. The fourth-order valence-corrected chi connectivity index (χ4v) is 6.78. The van der Waals surface area contributed by atoms with Crippen molar-refractivity contribution in [3.63, 3.8) is 0 Å². The van der Waals surface area contributed by atoms with Crippen molar-refractivity contribution >= 4 is 17.1 Å². The van der Waals surface area contributed by atoms with E-state index < -0.39 is 5.41 Å². The van der Waals surface area contributed by atoms with Crippen LogP contribution in [0.15, 0.2) is 134 Å². The lowest BCUT2D eigenvalue weighted by Crippen LogP contribution is -2.39. The van der Waals surface area contributed by atoms with Crippen LogP contribution in [-0.4, -0.2) is 4.98 Å². The van der Waals surface area contributed by atoms with E-state index in [2.05, 4.69) is 101 Å². The van der Waals surface area contributed by atoms with Crippen molar-refractivity contribution < 1.29 is 4.74 Å². The summed E-state index contributed by atoms with van der Waals surface area (Å²) in [6.45, 7) is 0. The predicted octanol–water partition coefficient (Wildman–Crippen LogP) is 8.76. The molecule has 0 atom stereocenters. The summed E-state index contributed by atoms with van der Waals surface area (Å²) in [5.41, 5.74) is 8.77. The van der Waals surface area contributed by atoms with Crippen LogP contribution in [0.3, 0.4) is 0 Å². The van der Waals surface area contributed by atoms with Crippen LogP contribution in [0.4, 0.5) is 17.1 Å². The number of benzene rings is 5. The number of pyridine rings is 1. The van der Waals surface area contributed by atoms with Gasteiger partial charge in [0.05, 0.1) is 39.3 Å². The molecule has 43 heavy (non-hydrogen) atoms. The molecule has 5 heteroatoms. The Hall–Kier alpha value is -6.17. The van der Waals surface area contributed by atoms with Crippen LogP contribution >= 0.6 is 0 Å². The van der Waals surface area contributed by atoms with Crippen LogP contribution in [0.5, 0.6) is 11.5 Å². The van der Waals surface area contributed by atoms with Gasteiger partial charge in [0, 0.05) is 22.9 Å². The lowest BCUT2D eigenvalue weighted by molar-refractivity contribution is 0.434. The molecule has 0 bridgehead atoms. The highest BCUT2D eigenvalue weighted by Gasteiger charge is 2.51. The van der Waals surface area contributed by atoms with Gasteiger partial charge in [0.2, 0.25) is 0 Å². The standard InChI is InChI=1S/C38H22N4O/c39-22-25-21-26(23-40)37(41-24-25)27-11-1-6-16-32(27)42-33-17-7-2-12-28(33)38(29-13-3-8-18-34(29)42)30-14-4-9-19-35(30)43-36-20-10-5-15-31(36)38/h1-21,24H. The number of hydrogen-bond acceptors (Lipinski definition) is 5. The van der Waals surface area contributed by atoms with Crippen molar-refractivity contribution in [2.45, 2.75) is 5.41 Å². The summed E-state index contributed by atoms with van der Waals surface area (Å²) in [4.78, 5) is 6.88. The van der Waals surface area contributed by atoms with Crippen molar-refractivity contribution in [1.29, 1.82) is 10.5 Å². The highest BCUT2D eigenvalue weighted by Crippen LogP contribution is 2.63. The molecule has 5 nitrogen and oxygen atoms in total. The minimum Gasteiger partial charge on any atom is -0.457 e. The van der Waals surface area contributed by atoms with Gasteiger partial charge in [0.15, 0.2) is 0 Å². The van der Waals surface area contributed by atoms with Gasteiger partial charge in [0.1, 0.15) is 23.6 Å². The third-order valence-electron chi connectivity index (χ3n) is 8.44. The number of fused-ring (bicyclic) bond motifs is 8. The average molecular weight is 551 g/mol. The van der Waals surface area contributed by atoms with Gasteiger partial charge in [-0.3, -0.25) is 4.98 Å². The fourth-order valence-electron chi connectivity index (χ4n) is 6.78. The first-order valence-electron chi connectivity index (χ1n) is 14.0. The lowest BCUT2D eigenvalue weighted by atomic mass is 9.61. The van der Waals surface area contributed by atoms with Gasteiger partial charge >= 0.3 is 0 Å². The maximum Gasteiger partial charge on any atom is 0.132 e. The number of para-hydroxylation sites is 5. The zero-order valence-electron chi connectivity index (χ0n) is 22.9. The maximum atomic E-state index is 10.0. The van der Waals surface area contributed by atoms with E-state index in [1.165, 1.54) is 6.20 Å². The Morgan fingerprint density at radius 3 is 1.67 bits per heavy atom. The Bertz CT molecular complexity index is 2080. The topological polar surface area (TPSA) is 72.9 Å². The van der Waals surface area contributed by atoms with Crippen LogP contribution in [-0.2, 0) is 5.41 Å².